The second kappa shape index (κ2) is 6.81. The van der Waals surface area contributed by atoms with Crippen molar-refractivity contribution in [2.75, 3.05) is 6.61 Å². The molecule has 1 amide bonds. The Morgan fingerprint density at radius 3 is 2.27 bits per heavy atom. The minimum atomic E-state index is -4.45. The third kappa shape index (κ3) is 4.47. The van der Waals surface area contributed by atoms with Gasteiger partial charge < -0.3 is 10.1 Å². The lowest BCUT2D eigenvalue weighted by atomic mass is 10.1. The highest BCUT2D eigenvalue weighted by Gasteiger charge is 2.30. The van der Waals surface area contributed by atoms with Gasteiger partial charge in [0.2, 0.25) is 0 Å². The van der Waals surface area contributed by atoms with E-state index in [1.165, 1.54) is 0 Å². The molecule has 1 aromatic carbocycles. The number of carbonyl (C=O) groups excluding carboxylic acids is 2. The maximum atomic E-state index is 12.4. The van der Waals surface area contributed by atoms with E-state index in [2.05, 4.69) is 5.32 Å². The van der Waals surface area contributed by atoms with E-state index in [1.807, 2.05) is 0 Å². The highest BCUT2D eigenvalue weighted by atomic mass is 19.4. The number of halogens is 3. The number of hydrogen-bond donors (Lipinski definition) is 1. The Balaban J connectivity index is 1.82. The van der Waals surface area contributed by atoms with Gasteiger partial charge in [-0.15, -0.1) is 0 Å². The van der Waals surface area contributed by atoms with Crippen molar-refractivity contribution in [3.05, 3.63) is 35.4 Å². The Bertz CT molecular complexity index is 534. The third-order valence-electron chi connectivity index (χ3n) is 3.50. The second-order valence-electron chi connectivity index (χ2n) is 5.20. The molecule has 0 heterocycles. The molecule has 1 fully saturated rings. The van der Waals surface area contributed by atoms with E-state index in [4.69, 9.17) is 4.74 Å². The predicted molar refractivity (Wildman–Crippen MR) is 72.1 cm³/mol. The summed E-state index contributed by atoms with van der Waals surface area (Å²) in [5.41, 5.74) is -0.871. The highest BCUT2D eigenvalue weighted by molar-refractivity contribution is 5.91. The molecule has 0 atom stereocenters. The number of alkyl halides is 3. The zero-order valence-corrected chi connectivity index (χ0v) is 11.8. The van der Waals surface area contributed by atoms with Gasteiger partial charge in [-0.05, 0) is 37.1 Å². The molecule has 0 aromatic heterocycles. The van der Waals surface area contributed by atoms with Crippen molar-refractivity contribution in [3.8, 4) is 0 Å². The van der Waals surface area contributed by atoms with Crippen molar-refractivity contribution >= 4 is 11.9 Å². The summed E-state index contributed by atoms with van der Waals surface area (Å²) < 4.78 is 42.0. The molecule has 0 bridgehead atoms. The summed E-state index contributed by atoms with van der Waals surface area (Å²) >= 11 is 0. The van der Waals surface area contributed by atoms with E-state index in [1.54, 1.807) is 0 Å². The lowest BCUT2D eigenvalue weighted by Gasteiger charge is -2.12. The van der Waals surface area contributed by atoms with E-state index in [0.717, 1.165) is 49.9 Å². The minimum absolute atomic E-state index is 0.0262. The van der Waals surface area contributed by atoms with E-state index in [0.29, 0.717) is 0 Å². The number of amides is 1. The minimum Gasteiger partial charge on any atom is -0.452 e. The molecule has 2 rings (SSSR count). The molecular weight excluding hydrogens is 299 g/mol. The van der Waals surface area contributed by atoms with Crippen molar-refractivity contribution in [1.29, 1.82) is 0 Å². The third-order valence-corrected chi connectivity index (χ3v) is 3.50. The molecular formula is C15H16F3NO3. The van der Waals surface area contributed by atoms with Crippen LogP contribution in [-0.2, 0) is 15.7 Å². The van der Waals surface area contributed by atoms with Crippen LogP contribution < -0.4 is 5.32 Å². The number of esters is 1. The number of rotatable bonds is 4. The van der Waals surface area contributed by atoms with Crippen molar-refractivity contribution in [2.24, 2.45) is 0 Å². The van der Waals surface area contributed by atoms with Gasteiger partial charge in [-0.2, -0.15) is 13.2 Å². The molecule has 0 aliphatic heterocycles. The molecule has 7 heteroatoms. The van der Waals surface area contributed by atoms with Gasteiger partial charge in [0.1, 0.15) is 0 Å². The molecule has 1 aliphatic carbocycles. The van der Waals surface area contributed by atoms with Crippen LogP contribution in [0.3, 0.4) is 0 Å². The first-order valence-electron chi connectivity index (χ1n) is 7.00. The van der Waals surface area contributed by atoms with E-state index in [9.17, 15) is 22.8 Å². The lowest BCUT2D eigenvalue weighted by molar-refractivity contribution is -0.137. The summed E-state index contributed by atoms with van der Waals surface area (Å²) in [6.07, 6.45) is -0.493. The smallest absolute Gasteiger partial charge is 0.416 e. The Labute approximate surface area is 125 Å². The Morgan fingerprint density at radius 2 is 1.73 bits per heavy atom. The molecule has 0 spiro atoms. The highest BCUT2D eigenvalue weighted by Crippen LogP contribution is 2.29. The van der Waals surface area contributed by atoms with E-state index < -0.39 is 30.2 Å². The summed E-state index contributed by atoms with van der Waals surface area (Å²) in [5.74, 6) is -1.22. The Morgan fingerprint density at radius 1 is 1.14 bits per heavy atom. The quantitative estimate of drug-likeness (QED) is 0.869. The summed E-state index contributed by atoms with van der Waals surface area (Å²) in [6, 6.07) is 3.78. The van der Waals surface area contributed by atoms with Gasteiger partial charge >= 0.3 is 12.1 Å². The van der Waals surface area contributed by atoms with Crippen LogP contribution in [0.15, 0.2) is 24.3 Å². The first-order valence-corrected chi connectivity index (χ1v) is 7.00. The first kappa shape index (κ1) is 16.3. The maximum absolute atomic E-state index is 12.4. The van der Waals surface area contributed by atoms with Crippen LogP contribution in [0.4, 0.5) is 13.2 Å². The number of nitrogens with one attached hydrogen (secondary N) is 1. The van der Waals surface area contributed by atoms with E-state index >= 15 is 0 Å². The fourth-order valence-electron chi connectivity index (χ4n) is 2.35. The van der Waals surface area contributed by atoms with Crippen molar-refractivity contribution in [1.82, 2.24) is 5.32 Å². The molecule has 1 N–H and O–H groups in total. The van der Waals surface area contributed by atoms with Crippen molar-refractivity contribution in [2.45, 2.75) is 37.9 Å². The maximum Gasteiger partial charge on any atom is 0.416 e. The molecule has 4 nitrogen and oxygen atoms in total. The van der Waals surface area contributed by atoms with Gasteiger partial charge in [-0.3, -0.25) is 4.79 Å². The number of benzene rings is 1. The Kier molecular flexibility index (Phi) is 5.05. The van der Waals surface area contributed by atoms with Crippen molar-refractivity contribution in [3.63, 3.8) is 0 Å². The van der Waals surface area contributed by atoms with Crippen LogP contribution in [0.2, 0.25) is 0 Å². The van der Waals surface area contributed by atoms with Crippen molar-refractivity contribution < 1.29 is 27.5 Å². The second-order valence-corrected chi connectivity index (χ2v) is 5.20. The molecule has 0 saturated heterocycles. The average molecular weight is 315 g/mol. The molecule has 1 aliphatic rings. The van der Waals surface area contributed by atoms with Crippen LogP contribution in [-0.4, -0.2) is 24.5 Å². The number of carbonyl (C=O) groups is 2. The summed E-state index contributed by atoms with van der Waals surface area (Å²) in [5, 5.41) is 2.75. The molecule has 22 heavy (non-hydrogen) atoms. The van der Waals surface area contributed by atoms with E-state index in [-0.39, 0.29) is 11.6 Å². The topological polar surface area (TPSA) is 55.4 Å². The number of ether oxygens (including phenoxy) is 1. The molecule has 120 valence electrons. The molecule has 0 unspecified atom stereocenters. The average Bonchev–Trinajstić information content (AvgIpc) is 2.97. The van der Waals surface area contributed by atoms with Gasteiger partial charge in [0, 0.05) is 6.04 Å². The Hall–Kier alpha value is -2.05. The summed E-state index contributed by atoms with van der Waals surface area (Å²) in [6.45, 7) is -0.434. The SMILES string of the molecule is O=C(COC(=O)c1ccc(C(F)(F)F)cc1)NC1CCCC1. The van der Waals surface area contributed by atoms with Gasteiger partial charge in [0.05, 0.1) is 11.1 Å². The molecule has 0 radical (unpaired) electrons. The summed E-state index contributed by atoms with van der Waals surface area (Å²) in [7, 11) is 0. The monoisotopic (exact) mass is 315 g/mol. The molecule has 1 saturated carbocycles. The fraction of sp³-hybridized carbons (Fsp3) is 0.467. The van der Waals surface area contributed by atoms with Gasteiger partial charge in [0.25, 0.3) is 5.91 Å². The lowest BCUT2D eigenvalue weighted by Crippen LogP contribution is -2.35. The molecule has 1 aromatic rings. The summed E-state index contributed by atoms with van der Waals surface area (Å²) in [4.78, 5) is 23.2. The van der Waals surface area contributed by atoms with Crippen LogP contribution in [0.25, 0.3) is 0 Å². The van der Waals surface area contributed by atoms with Gasteiger partial charge in [-0.25, -0.2) is 4.79 Å². The predicted octanol–water partition coefficient (Wildman–Crippen LogP) is 2.92. The number of hydrogen-bond acceptors (Lipinski definition) is 3. The van der Waals surface area contributed by atoms with Crippen LogP contribution >= 0.6 is 0 Å². The van der Waals surface area contributed by atoms with Gasteiger partial charge in [0.15, 0.2) is 6.61 Å². The zero-order valence-electron chi connectivity index (χ0n) is 11.8. The van der Waals surface area contributed by atoms with Crippen LogP contribution in [0.1, 0.15) is 41.6 Å². The van der Waals surface area contributed by atoms with Crippen LogP contribution in [0.5, 0.6) is 0 Å². The largest absolute Gasteiger partial charge is 0.452 e. The standard InChI is InChI=1S/C15H16F3NO3/c16-15(17,18)11-7-5-10(6-8-11)14(21)22-9-13(20)19-12-3-1-2-4-12/h5-8,12H,1-4,9H2,(H,19,20). The van der Waals surface area contributed by atoms with Crippen LogP contribution in [0, 0.1) is 0 Å². The first-order chi connectivity index (χ1) is 10.4. The van der Waals surface area contributed by atoms with Gasteiger partial charge in [-0.1, -0.05) is 12.8 Å². The fourth-order valence-corrected chi connectivity index (χ4v) is 2.35. The normalized spacial score (nSPS) is 15.6. The zero-order chi connectivity index (χ0) is 16.2.